The van der Waals surface area contributed by atoms with Gasteiger partial charge in [0.2, 0.25) is 6.08 Å². The molecule has 0 fully saturated rings. The van der Waals surface area contributed by atoms with E-state index in [9.17, 15) is 18.0 Å². The zero-order chi connectivity index (χ0) is 13.1. The molecule has 1 aromatic carbocycles. The van der Waals surface area contributed by atoms with Gasteiger partial charge >= 0.3 is 6.18 Å². The molecule has 0 aliphatic rings. The summed E-state index contributed by atoms with van der Waals surface area (Å²) in [5.74, 6) is 0. The summed E-state index contributed by atoms with van der Waals surface area (Å²) in [5.41, 5.74) is 0.185. The molecule has 0 unspecified atom stereocenters. The minimum Gasteiger partial charge on any atom is -0.377 e. The number of alkyl halides is 3. The summed E-state index contributed by atoms with van der Waals surface area (Å²) in [4.78, 5) is 15.0. The number of nitrogens with zero attached hydrogens (tertiary/aromatic N) is 2. The fraction of sp³-hybridized carbons (Fsp3) is 0.364. The van der Waals surface area contributed by atoms with Gasteiger partial charge in [-0.25, -0.2) is 9.79 Å². The molecule has 0 N–H and O–H groups in total. The molecule has 3 nitrogen and oxygen atoms in total. The number of anilines is 1. The lowest BCUT2D eigenvalue weighted by Crippen LogP contribution is -2.13. The average Bonchev–Trinajstić information content (AvgIpc) is 2.24. The van der Waals surface area contributed by atoms with Crippen molar-refractivity contribution in [2.75, 3.05) is 19.0 Å². The second kappa shape index (κ2) is 5.01. The third kappa shape index (κ3) is 3.32. The summed E-state index contributed by atoms with van der Waals surface area (Å²) in [6, 6.07) is 3.36. The molecule has 0 spiro atoms. The van der Waals surface area contributed by atoms with Gasteiger partial charge in [0.1, 0.15) is 0 Å². The maximum atomic E-state index is 12.5. The van der Waals surface area contributed by atoms with Crippen molar-refractivity contribution in [1.82, 2.24) is 0 Å². The van der Waals surface area contributed by atoms with E-state index in [0.717, 1.165) is 12.1 Å². The summed E-state index contributed by atoms with van der Waals surface area (Å²) < 4.78 is 37.5. The Morgan fingerprint density at radius 3 is 2.47 bits per heavy atom. The molecule has 0 aliphatic heterocycles. The lowest BCUT2D eigenvalue weighted by molar-refractivity contribution is -0.137. The van der Waals surface area contributed by atoms with Crippen LogP contribution in [0.1, 0.15) is 11.1 Å². The predicted molar refractivity (Wildman–Crippen MR) is 57.6 cm³/mol. The molecule has 6 heteroatoms. The van der Waals surface area contributed by atoms with Gasteiger partial charge in [0.05, 0.1) is 12.1 Å². The van der Waals surface area contributed by atoms with Gasteiger partial charge in [0.15, 0.2) is 0 Å². The van der Waals surface area contributed by atoms with Crippen molar-refractivity contribution in [3.63, 3.8) is 0 Å². The number of rotatable bonds is 3. The van der Waals surface area contributed by atoms with E-state index >= 15 is 0 Å². The summed E-state index contributed by atoms with van der Waals surface area (Å²) in [5, 5.41) is 0. The Morgan fingerprint density at radius 2 is 2.00 bits per heavy atom. The highest BCUT2D eigenvalue weighted by atomic mass is 19.4. The van der Waals surface area contributed by atoms with Crippen LogP contribution in [0, 0.1) is 0 Å². The van der Waals surface area contributed by atoms with Crippen LogP contribution in [0.4, 0.5) is 18.9 Å². The number of carbonyl (C=O) groups excluding carboxylic acids is 1. The zero-order valence-electron chi connectivity index (χ0n) is 9.38. The molecule has 0 radical (unpaired) electrons. The van der Waals surface area contributed by atoms with E-state index in [1.165, 1.54) is 12.1 Å². The topological polar surface area (TPSA) is 32.7 Å². The second-order valence-corrected chi connectivity index (χ2v) is 3.64. The van der Waals surface area contributed by atoms with E-state index in [4.69, 9.17) is 0 Å². The third-order valence-corrected chi connectivity index (χ3v) is 2.20. The molecular weight excluding hydrogens is 233 g/mol. The van der Waals surface area contributed by atoms with Gasteiger partial charge in [-0.05, 0) is 23.8 Å². The Labute approximate surface area is 96.6 Å². The largest absolute Gasteiger partial charge is 0.416 e. The molecule has 0 amide bonds. The summed E-state index contributed by atoms with van der Waals surface area (Å²) in [6.07, 6.45) is -3.08. The molecule has 0 aliphatic carbocycles. The van der Waals surface area contributed by atoms with Gasteiger partial charge in [-0.3, -0.25) is 0 Å². The van der Waals surface area contributed by atoms with Crippen molar-refractivity contribution >= 4 is 11.8 Å². The molecule has 0 saturated heterocycles. The molecule has 1 rings (SSSR count). The van der Waals surface area contributed by atoms with E-state index in [1.807, 2.05) is 0 Å². The van der Waals surface area contributed by atoms with E-state index in [2.05, 4.69) is 4.99 Å². The fourth-order valence-corrected chi connectivity index (χ4v) is 1.44. The van der Waals surface area contributed by atoms with E-state index in [0.29, 0.717) is 11.3 Å². The molecule has 17 heavy (non-hydrogen) atoms. The van der Waals surface area contributed by atoms with Crippen LogP contribution in [0.25, 0.3) is 0 Å². The van der Waals surface area contributed by atoms with Crippen molar-refractivity contribution in [3.05, 3.63) is 29.3 Å². The molecule has 0 bridgehead atoms. The lowest BCUT2D eigenvalue weighted by atomic mass is 10.1. The van der Waals surface area contributed by atoms with Crippen LogP contribution < -0.4 is 4.90 Å². The Kier molecular flexibility index (Phi) is 3.91. The average molecular weight is 244 g/mol. The maximum absolute atomic E-state index is 12.5. The third-order valence-electron chi connectivity index (χ3n) is 2.20. The van der Waals surface area contributed by atoms with Crippen molar-refractivity contribution < 1.29 is 18.0 Å². The van der Waals surface area contributed by atoms with Crippen molar-refractivity contribution in [1.29, 1.82) is 0 Å². The standard InChI is InChI=1S/C11H11F3N2O/c1-16(2)10-4-3-9(11(12,13)14)5-8(10)6-15-7-17/h3-5H,6H2,1-2H3. The van der Waals surface area contributed by atoms with E-state index in [1.54, 1.807) is 19.0 Å². The summed E-state index contributed by atoms with van der Waals surface area (Å²) in [7, 11) is 3.41. The van der Waals surface area contributed by atoms with Crippen molar-refractivity contribution in [3.8, 4) is 0 Å². The number of halogens is 3. The van der Waals surface area contributed by atoms with Crippen LogP contribution in [0.15, 0.2) is 23.2 Å². The first-order chi connectivity index (χ1) is 7.86. The number of isocyanates is 1. The fourth-order valence-electron chi connectivity index (χ4n) is 1.44. The SMILES string of the molecule is CN(C)c1ccc(C(F)(F)F)cc1CN=C=O. The van der Waals surface area contributed by atoms with Crippen LogP contribution in [-0.4, -0.2) is 20.2 Å². The highest BCUT2D eigenvalue weighted by Crippen LogP contribution is 2.32. The van der Waals surface area contributed by atoms with Crippen LogP contribution in [0.5, 0.6) is 0 Å². The van der Waals surface area contributed by atoms with E-state index < -0.39 is 11.7 Å². The van der Waals surface area contributed by atoms with Crippen molar-refractivity contribution in [2.45, 2.75) is 12.7 Å². The lowest BCUT2D eigenvalue weighted by Gasteiger charge is -2.18. The van der Waals surface area contributed by atoms with Crippen LogP contribution in [0.3, 0.4) is 0 Å². The summed E-state index contributed by atoms with van der Waals surface area (Å²) >= 11 is 0. The molecule has 0 saturated carbocycles. The van der Waals surface area contributed by atoms with Gasteiger partial charge in [0, 0.05) is 19.8 Å². The first-order valence-electron chi connectivity index (χ1n) is 4.77. The Bertz CT molecular complexity index is 449. The first-order valence-corrected chi connectivity index (χ1v) is 4.77. The quantitative estimate of drug-likeness (QED) is 0.604. The highest BCUT2D eigenvalue weighted by Gasteiger charge is 2.31. The number of hydrogen-bond donors (Lipinski definition) is 0. The normalized spacial score (nSPS) is 10.9. The van der Waals surface area contributed by atoms with Gasteiger partial charge in [-0.15, -0.1) is 0 Å². The number of benzene rings is 1. The molecular formula is C11H11F3N2O. The van der Waals surface area contributed by atoms with Gasteiger partial charge in [-0.1, -0.05) is 0 Å². The maximum Gasteiger partial charge on any atom is 0.416 e. The van der Waals surface area contributed by atoms with Crippen LogP contribution in [0.2, 0.25) is 0 Å². The monoisotopic (exact) mass is 244 g/mol. The molecule has 0 heterocycles. The van der Waals surface area contributed by atoms with Crippen molar-refractivity contribution in [2.24, 2.45) is 4.99 Å². The Morgan fingerprint density at radius 1 is 1.35 bits per heavy atom. The highest BCUT2D eigenvalue weighted by molar-refractivity contribution is 5.55. The smallest absolute Gasteiger partial charge is 0.377 e. The number of aliphatic imine (C=N–C) groups is 1. The molecule has 1 aromatic rings. The van der Waals surface area contributed by atoms with Crippen LogP contribution >= 0.6 is 0 Å². The van der Waals surface area contributed by atoms with Crippen LogP contribution in [-0.2, 0) is 17.5 Å². The molecule has 0 atom stereocenters. The van der Waals surface area contributed by atoms with E-state index in [-0.39, 0.29) is 6.54 Å². The minimum atomic E-state index is -4.40. The Balaban J connectivity index is 3.23. The Hall–Kier alpha value is -1.81. The predicted octanol–water partition coefficient (Wildman–Crippen LogP) is 2.61. The molecule has 92 valence electrons. The second-order valence-electron chi connectivity index (χ2n) is 3.64. The zero-order valence-corrected chi connectivity index (χ0v) is 9.38. The van der Waals surface area contributed by atoms with Gasteiger partial charge in [0.25, 0.3) is 0 Å². The molecule has 0 aromatic heterocycles. The summed E-state index contributed by atoms with van der Waals surface area (Å²) in [6.45, 7) is -0.110. The number of hydrogen-bond acceptors (Lipinski definition) is 3. The first kappa shape index (κ1) is 13.3. The van der Waals surface area contributed by atoms with Gasteiger partial charge in [-0.2, -0.15) is 13.2 Å². The minimum absolute atomic E-state index is 0.110. The van der Waals surface area contributed by atoms with Gasteiger partial charge < -0.3 is 4.90 Å².